The lowest BCUT2D eigenvalue weighted by molar-refractivity contribution is 0.414. The van der Waals surface area contributed by atoms with Crippen molar-refractivity contribution in [3.63, 3.8) is 0 Å². The lowest BCUT2D eigenvalue weighted by atomic mass is 10.2. The number of ether oxygens (including phenoxy) is 1. The summed E-state index contributed by atoms with van der Waals surface area (Å²) in [5.74, 6) is 0.881. The number of hydrogen-bond acceptors (Lipinski definition) is 3. The predicted molar refractivity (Wildman–Crippen MR) is 63.8 cm³/mol. The summed E-state index contributed by atoms with van der Waals surface area (Å²) in [5.41, 5.74) is 3.42. The average molecular weight is 217 g/mol. The summed E-state index contributed by atoms with van der Waals surface area (Å²) in [5, 5.41) is 3.35. The Morgan fingerprint density at radius 1 is 1.31 bits per heavy atom. The molecule has 0 saturated carbocycles. The molecule has 3 nitrogen and oxygen atoms in total. The summed E-state index contributed by atoms with van der Waals surface area (Å²) < 4.78 is 10.2. The fourth-order valence-corrected chi connectivity index (χ4v) is 1.55. The van der Waals surface area contributed by atoms with Crippen molar-refractivity contribution in [2.75, 3.05) is 12.4 Å². The topological polar surface area (TPSA) is 34.4 Å². The lowest BCUT2D eigenvalue weighted by Gasteiger charge is -2.09. The van der Waals surface area contributed by atoms with Crippen molar-refractivity contribution in [2.24, 2.45) is 0 Å². The monoisotopic (exact) mass is 217 g/mol. The van der Waals surface area contributed by atoms with Gasteiger partial charge >= 0.3 is 0 Å². The summed E-state index contributed by atoms with van der Waals surface area (Å²) >= 11 is 0. The van der Waals surface area contributed by atoms with E-state index in [0.29, 0.717) is 0 Å². The SMILES string of the molecule is COc1ccc(NCc2ccoc2)c(C)c1. The van der Waals surface area contributed by atoms with Gasteiger partial charge in [0.2, 0.25) is 0 Å². The van der Waals surface area contributed by atoms with Gasteiger partial charge in [-0.25, -0.2) is 0 Å². The maximum atomic E-state index is 5.16. The van der Waals surface area contributed by atoms with Crippen molar-refractivity contribution in [3.8, 4) is 5.75 Å². The third-order valence-electron chi connectivity index (χ3n) is 2.50. The van der Waals surface area contributed by atoms with Gasteiger partial charge in [0, 0.05) is 17.8 Å². The van der Waals surface area contributed by atoms with E-state index in [0.717, 1.165) is 23.5 Å². The van der Waals surface area contributed by atoms with Gasteiger partial charge in [0.05, 0.1) is 19.6 Å². The first kappa shape index (κ1) is 10.6. The number of methoxy groups -OCH3 is 1. The third-order valence-corrected chi connectivity index (χ3v) is 2.50. The van der Waals surface area contributed by atoms with E-state index >= 15 is 0 Å². The highest BCUT2D eigenvalue weighted by atomic mass is 16.5. The van der Waals surface area contributed by atoms with Gasteiger partial charge in [-0.3, -0.25) is 0 Å². The van der Waals surface area contributed by atoms with E-state index in [1.807, 2.05) is 24.3 Å². The van der Waals surface area contributed by atoms with Crippen LogP contribution >= 0.6 is 0 Å². The van der Waals surface area contributed by atoms with Crippen LogP contribution < -0.4 is 10.1 Å². The van der Waals surface area contributed by atoms with Crippen molar-refractivity contribution in [3.05, 3.63) is 47.9 Å². The first-order valence-corrected chi connectivity index (χ1v) is 5.19. The van der Waals surface area contributed by atoms with E-state index in [-0.39, 0.29) is 0 Å². The zero-order chi connectivity index (χ0) is 11.4. The molecular weight excluding hydrogens is 202 g/mol. The van der Waals surface area contributed by atoms with Crippen LogP contribution in [-0.2, 0) is 6.54 Å². The Hall–Kier alpha value is -1.90. The molecular formula is C13H15NO2. The molecule has 84 valence electrons. The summed E-state index contributed by atoms with van der Waals surface area (Å²) in [4.78, 5) is 0. The zero-order valence-corrected chi connectivity index (χ0v) is 9.49. The molecule has 16 heavy (non-hydrogen) atoms. The highest BCUT2D eigenvalue weighted by Crippen LogP contribution is 2.21. The van der Waals surface area contributed by atoms with Crippen LogP contribution in [0.4, 0.5) is 5.69 Å². The Labute approximate surface area is 95.0 Å². The zero-order valence-electron chi connectivity index (χ0n) is 9.49. The van der Waals surface area contributed by atoms with Gasteiger partial charge in [-0.2, -0.15) is 0 Å². The number of furan rings is 1. The molecule has 3 heteroatoms. The van der Waals surface area contributed by atoms with Crippen molar-refractivity contribution in [1.29, 1.82) is 0 Å². The van der Waals surface area contributed by atoms with E-state index < -0.39 is 0 Å². The van der Waals surface area contributed by atoms with E-state index in [2.05, 4.69) is 12.2 Å². The van der Waals surface area contributed by atoms with Crippen LogP contribution in [0.25, 0.3) is 0 Å². The molecule has 0 unspecified atom stereocenters. The molecule has 1 heterocycles. The van der Waals surface area contributed by atoms with Crippen molar-refractivity contribution < 1.29 is 9.15 Å². The van der Waals surface area contributed by atoms with Crippen molar-refractivity contribution in [2.45, 2.75) is 13.5 Å². The van der Waals surface area contributed by atoms with Gasteiger partial charge in [0.25, 0.3) is 0 Å². The van der Waals surface area contributed by atoms with E-state index in [1.54, 1.807) is 19.6 Å². The number of benzene rings is 1. The standard InChI is InChI=1S/C13H15NO2/c1-10-7-12(15-2)3-4-13(10)14-8-11-5-6-16-9-11/h3-7,9,14H,8H2,1-2H3. The van der Waals surface area contributed by atoms with Crippen LogP contribution in [0.2, 0.25) is 0 Å². The fourth-order valence-electron chi connectivity index (χ4n) is 1.55. The Balaban J connectivity index is 2.04. The molecule has 2 aromatic rings. The summed E-state index contributed by atoms with van der Waals surface area (Å²) in [7, 11) is 1.67. The normalized spacial score (nSPS) is 10.1. The molecule has 0 spiro atoms. The Bertz CT molecular complexity index is 449. The van der Waals surface area contributed by atoms with Crippen LogP contribution in [0.1, 0.15) is 11.1 Å². The second-order valence-corrected chi connectivity index (χ2v) is 3.67. The molecule has 0 bridgehead atoms. The van der Waals surface area contributed by atoms with E-state index in [4.69, 9.17) is 9.15 Å². The minimum Gasteiger partial charge on any atom is -0.497 e. The van der Waals surface area contributed by atoms with Crippen LogP contribution in [0.15, 0.2) is 41.2 Å². The van der Waals surface area contributed by atoms with E-state index in [1.165, 1.54) is 5.56 Å². The molecule has 0 aliphatic carbocycles. The van der Waals surface area contributed by atoms with Crippen molar-refractivity contribution >= 4 is 5.69 Å². The Morgan fingerprint density at radius 3 is 2.81 bits per heavy atom. The minimum absolute atomic E-state index is 0.768. The highest BCUT2D eigenvalue weighted by molar-refractivity contribution is 5.53. The fraction of sp³-hybridized carbons (Fsp3) is 0.231. The molecule has 1 N–H and O–H groups in total. The lowest BCUT2D eigenvalue weighted by Crippen LogP contribution is -2.00. The van der Waals surface area contributed by atoms with Crippen LogP contribution in [0.3, 0.4) is 0 Å². The van der Waals surface area contributed by atoms with Crippen LogP contribution in [-0.4, -0.2) is 7.11 Å². The maximum Gasteiger partial charge on any atom is 0.119 e. The molecule has 0 aliphatic rings. The molecule has 0 aliphatic heterocycles. The third kappa shape index (κ3) is 2.37. The number of rotatable bonds is 4. The van der Waals surface area contributed by atoms with Gasteiger partial charge < -0.3 is 14.5 Å². The number of hydrogen-bond donors (Lipinski definition) is 1. The first-order valence-electron chi connectivity index (χ1n) is 5.19. The number of aryl methyl sites for hydroxylation is 1. The van der Waals surface area contributed by atoms with Gasteiger partial charge in [0.15, 0.2) is 0 Å². The Morgan fingerprint density at radius 2 is 2.19 bits per heavy atom. The maximum absolute atomic E-state index is 5.16. The predicted octanol–water partition coefficient (Wildman–Crippen LogP) is 3.21. The molecule has 0 atom stereocenters. The smallest absolute Gasteiger partial charge is 0.119 e. The largest absolute Gasteiger partial charge is 0.497 e. The average Bonchev–Trinajstić information content (AvgIpc) is 2.80. The van der Waals surface area contributed by atoms with Gasteiger partial charge in [0.1, 0.15) is 5.75 Å². The van der Waals surface area contributed by atoms with Gasteiger partial charge in [-0.15, -0.1) is 0 Å². The second-order valence-electron chi connectivity index (χ2n) is 3.67. The van der Waals surface area contributed by atoms with Gasteiger partial charge in [-0.05, 0) is 36.8 Å². The minimum atomic E-state index is 0.768. The molecule has 0 radical (unpaired) electrons. The van der Waals surface area contributed by atoms with Crippen molar-refractivity contribution in [1.82, 2.24) is 0 Å². The molecule has 1 aromatic carbocycles. The van der Waals surface area contributed by atoms with Crippen LogP contribution in [0.5, 0.6) is 5.75 Å². The second kappa shape index (κ2) is 4.75. The summed E-state index contributed by atoms with van der Waals surface area (Å²) in [6.45, 7) is 2.82. The molecule has 0 fully saturated rings. The Kier molecular flexibility index (Phi) is 3.15. The van der Waals surface area contributed by atoms with Crippen LogP contribution in [0, 0.1) is 6.92 Å². The number of nitrogens with one attached hydrogen (secondary N) is 1. The molecule has 0 saturated heterocycles. The first-order chi connectivity index (χ1) is 7.79. The number of anilines is 1. The molecule has 2 rings (SSSR count). The van der Waals surface area contributed by atoms with E-state index in [9.17, 15) is 0 Å². The highest BCUT2D eigenvalue weighted by Gasteiger charge is 2.00. The summed E-state index contributed by atoms with van der Waals surface area (Å²) in [6.07, 6.45) is 3.42. The molecule has 1 aromatic heterocycles. The van der Waals surface area contributed by atoms with Gasteiger partial charge in [-0.1, -0.05) is 0 Å². The molecule has 0 amide bonds. The summed E-state index contributed by atoms with van der Waals surface area (Å²) in [6, 6.07) is 7.93. The quantitative estimate of drug-likeness (QED) is 0.853.